The molecule has 5 nitrogen and oxygen atoms in total. The smallest absolute Gasteiger partial charge is 0.288 e. The molecule has 0 fully saturated rings. The van der Waals surface area contributed by atoms with Crippen LogP contribution in [0, 0.1) is 22.5 Å². The standard InChI is InChI=1S/C15H9ClN2O3/c1-2-10-5-3-6-11(9-10)17-15(19)12-7-4-8-13(14(12)16)18(20)21/h1,3-9H,(H,17,19). The van der Waals surface area contributed by atoms with Crippen LogP contribution in [0.15, 0.2) is 42.5 Å². The van der Waals surface area contributed by atoms with E-state index in [1.165, 1.54) is 18.2 Å². The Hall–Kier alpha value is -2.84. The summed E-state index contributed by atoms with van der Waals surface area (Å²) in [4.78, 5) is 22.3. The molecule has 21 heavy (non-hydrogen) atoms. The van der Waals surface area contributed by atoms with Gasteiger partial charge in [-0.05, 0) is 24.3 Å². The van der Waals surface area contributed by atoms with Gasteiger partial charge in [0, 0.05) is 17.3 Å². The lowest BCUT2D eigenvalue weighted by molar-refractivity contribution is -0.384. The summed E-state index contributed by atoms with van der Waals surface area (Å²) < 4.78 is 0. The van der Waals surface area contributed by atoms with E-state index < -0.39 is 10.8 Å². The molecule has 0 saturated heterocycles. The molecule has 6 heteroatoms. The lowest BCUT2D eigenvalue weighted by Gasteiger charge is -2.07. The van der Waals surface area contributed by atoms with Crippen LogP contribution in [0.4, 0.5) is 11.4 Å². The third kappa shape index (κ3) is 3.19. The van der Waals surface area contributed by atoms with E-state index >= 15 is 0 Å². The zero-order valence-corrected chi connectivity index (χ0v) is 11.4. The second kappa shape index (κ2) is 6.07. The van der Waals surface area contributed by atoms with E-state index in [0.29, 0.717) is 11.3 Å². The van der Waals surface area contributed by atoms with Crippen LogP contribution >= 0.6 is 11.6 Å². The number of rotatable bonds is 3. The predicted octanol–water partition coefficient (Wildman–Crippen LogP) is 3.48. The van der Waals surface area contributed by atoms with Crippen molar-refractivity contribution in [3.8, 4) is 12.3 Å². The molecule has 0 saturated carbocycles. The molecule has 2 aromatic rings. The molecule has 1 amide bonds. The summed E-state index contributed by atoms with van der Waals surface area (Å²) in [6.07, 6.45) is 5.28. The van der Waals surface area contributed by atoms with Gasteiger partial charge in [-0.3, -0.25) is 14.9 Å². The zero-order valence-electron chi connectivity index (χ0n) is 10.7. The second-order valence-corrected chi connectivity index (χ2v) is 4.45. The Bertz CT molecular complexity index is 766. The molecule has 104 valence electrons. The normalized spacial score (nSPS) is 9.71. The number of nitrogens with zero attached hydrogens (tertiary/aromatic N) is 1. The van der Waals surface area contributed by atoms with Crippen LogP contribution in [0.3, 0.4) is 0 Å². The summed E-state index contributed by atoms with van der Waals surface area (Å²) in [5.41, 5.74) is 0.801. The summed E-state index contributed by atoms with van der Waals surface area (Å²) in [6.45, 7) is 0. The van der Waals surface area contributed by atoms with Crippen LogP contribution in [-0.2, 0) is 0 Å². The number of anilines is 1. The van der Waals surface area contributed by atoms with E-state index in [1.54, 1.807) is 24.3 Å². The number of carbonyl (C=O) groups is 1. The van der Waals surface area contributed by atoms with E-state index in [0.717, 1.165) is 0 Å². The van der Waals surface area contributed by atoms with Crippen molar-refractivity contribution in [2.45, 2.75) is 0 Å². The largest absolute Gasteiger partial charge is 0.322 e. The number of amides is 1. The van der Waals surface area contributed by atoms with Crippen molar-refractivity contribution in [1.82, 2.24) is 0 Å². The minimum atomic E-state index is -0.641. The van der Waals surface area contributed by atoms with E-state index in [4.69, 9.17) is 18.0 Å². The van der Waals surface area contributed by atoms with Gasteiger partial charge in [0.15, 0.2) is 0 Å². The van der Waals surface area contributed by atoms with Crippen LogP contribution in [0.2, 0.25) is 5.02 Å². The molecule has 2 aromatic carbocycles. The maximum atomic E-state index is 12.1. The number of nitro groups is 1. The molecule has 2 rings (SSSR count). The molecule has 0 spiro atoms. The molecule has 0 aliphatic heterocycles. The highest BCUT2D eigenvalue weighted by molar-refractivity contribution is 6.36. The Kier molecular flexibility index (Phi) is 4.21. The van der Waals surface area contributed by atoms with E-state index in [2.05, 4.69) is 11.2 Å². The van der Waals surface area contributed by atoms with E-state index in [1.807, 2.05) is 0 Å². The molecule has 0 aliphatic carbocycles. The molecule has 1 N–H and O–H groups in total. The predicted molar refractivity (Wildman–Crippen MR) is 80.4 cm³/mol. The van der Waals surface area contributed by atoms with Gasteiger partial charge in [0.2, 0.25) is 0 Å². The lowest BCUT2D eigenvalue weighted by atomic mass is 10.1. The number of hydrogen-bond acceptors (Lipinski definition) is 3. The number of nitro benzene ring substituents is 1. The van der Waals surface area contributed by atoms with Crippen molar-refractivity contribution in [2.75, 3.05) is 5.32 Å². The third-order valence-corrected chi connectivity index (χ3v) is 3.10. The quantitative estimate of drug-likeness (QED) is 0.536. The number of hydrogen-bond donors (Lipinski definition) is 1. The van der Waals surface area contributed by atoms with Gasteiger partial charge in [0.05, 0.1) is 10.5 Å². The van der Waals surface area contributed by atoms with Gasteiger partial charge in [-0.1, -0.05) is 29.7 Å². The van der Waals surface area contributed by atoms with Gasteiger partial charge in [-0.25, -0.2) is 0 Å². The van der Waals surface area contributed by atoms with Gasteiger partial charge < -0.3 is 5.32 Å². The molecule has 0 unspecified atom stereocenters. The first-order valence-corrected chi connectivity index (χ1v) is 6.21. The molecule has 0 bridgehead atoms. The molecular weight excluding hydrogens is 292 g/mol. The summed E-state index contributed by atoms with van der Waals surface area (Å²) in [5.74, 6) is 1.91. The van der Waals surface area contributed by atoms with Crippen molar-refractivity contribution in [2.24, 2.45) is 0 Å². The van der Waals surface area contributed by atoms with Crippen LogP contribution in [0.5, 0.6) is 0 Å². The topological polar surface area (TPSA) is 72.2 Å². The second-order valence-electron chi connectivity index (χ2n) is 4.08. The number of carbonyl (C=O) groups excluding carboxylic acids is 1. The van der Waals surface area contributed by atoms with Crippen LogP contribution in [-0.4, -0.2) is 10.8 Å². The maximum Gasteiger partial charge on any atom is 0.288 e. The highest BCUT2D eigenvalue weighted by Crippen LogP contribution is 2.28. The lowest BCUT2D eigenvalue weighted by Crippen LogP contribution is -2.13. The Labute approximate surface area is 125 Å². The van der Waals surface area contributed by atoms with E-state index in [9.17, 15) is 14.9 Å². The average Bonchev–Trinajstić information content (AvgIpc) is 2.47. The van der Waals surface area contributed by atoms with Gasteiger partial charge in [-0.2, -0.15) is 0 Å². The molecule has 0 radical (unpaired) electrons. The van der Waals surface area contributed by atoms with Crippen molar-refractivity contribution in [3.63, 3.8) is 0 Å². The van der Waals surface area contributed by atoms with Crippen LogP contribution < -0.4 is 5.32 Å². The Balaban J connectivity index is 2.31. The van der Waals surface area contributed by atoms with Gasteiger partial charge in [-0.15, -0.1) is 6.42 Å². The Morgan fingerprint density at radius 3 is 2.67 bits per heavy atom. The number of benzene rings is 2. The molecule has 0 atom stereocenters. The van der Waals surface area contributed by atoms with Gasteiger partial charge in [0.1, 0.15) is 5.02 Å². The number of halogens is 1. The van der Waals surface area contributed by atoms with Gasteiger partial charge in [0.25, 0.3) is 11.6 Å². The summed E-state index contributed by atoms with van der Waals surface area (Å²) in [5, 5.41) is 13.2. The average molecular weight is 301 g/mol. The minimum Gasteiger partial charge on any atom is -0.322 e. The summed E-state index contributed by atoms with van der Waals surface area (Å²) in [6, 6.07) is 10.7. The Morgan fingerprint density at radius 1 is 1.29 bits per heavy atom. The van der Waals surface area contributed by atoms with Crippen LogP contribution in [0.25, 0.3) is 0 Å². The first-order valence-electron chi connectivity index (χ1n) is 5.84. The summed E-state index contributed by atoms with van der Waals surface area (Å²) in [7, 11) is 0. The number of nitrogens with one attached hydrogen (secondary N) is 1. The Morgan fingerprint density at radius 2 is 2.00 bits per heavy atom. The van der Waals surface area contributed by atoms with Crippen molar-refractivity contribution in [1.29, 1.82) is 0 Å². The zero-order chi connectivity index (χ0) is 15.4. The van der Waals surface area contributed by atoms with E-state index in [-0.39, 0.29) is 16.3 Å². The highest BCUT2D eigenvalue weighted by Gasteiger charge is 2.19. The first kappa shape index (κ1) is 14.6. The fourth-order valence-corrected chi connectivity index (χ4v) is 2.00. The monoisotopic (exact) mass is 300 g/mol. The first-order chi connectivity index (χ1) is 10.0. The highest BCUT2D eigenvalue weighted by atomic mass is 35.5. The van der Waals surface area contributed by atoms with Crippen LogP contribution in [0.1, 0.15) is 15.9 Å². The SMILES string of the molecule is C#Cc1cccc(NC(=O)c2cccc([N+](=O)[O-])c2Cl)c1. The molecule has 0 heterocycles. The number of terminal acetylenes is 1. The fourth-order valence-electron chi connectivity index (χ4n) is 1.72. The molecular formula is C15H9ClN2O3. The minimum absolute atomic E-state index is 0.0250. The van der Waals surface area contributed by atoms with Crippen molar-refractivity contribution in [3.05, 3.63) is 68.7 Å². The maximum absolute atomic E-state index is 12.1. The molecule has 0 aliphatic rings. The van der Waals surface area contributed by atoms with Gasteiger partial charge >= 0.3 is 0 Å². The van der Waals surface area contributed by atoms with Crippen molar-refractivity contribution < 1.29 is 9.72 Å². The molecule has 0 aromatic heterocycles. The summed E-state index contributed by atoms with van der Waals surface area (Å²) >= 11 is 5.89. The fraction of sp³-hybridized carbons (Fsp3) is 0. The van der Waals surface area contributed by atoms with Crippen molar-refractivity contribution >= 4 is 28.9 Å². The third-order valence-electron chi connectivity index (χ3n) is 2.71.